The third-order valence-corrected chi connectivity index (χ3v) is 4.66. The van der Waals surface area contributed by atoms with Crippen molar-refractivity contribution in [2.45, 2.75) is 45.2 Å². The zero-order chi connectivity index (χ0) is 13.8. The first-order chi connectivity index (χ1) is 9.15. The minimum absolute atomic E-state index is 0.615. The normalized spacial score (nSPS) is 23.4. The predicted octanol–water partition coefficient (Wildman–Crippen LogP) is 4.07. The summed E-state index contributed by atoms with van der Waals surface area (Å²) in [6.07, 6.45) is 5.32. The molecule has 3 heteroatoms. The minimum atomic E-state index is 0.615. The molecule has 1 fully saturated rings. The van der Waals surface area contributed by atoms with Crippen LogP contribution >= 0.6 is 11.6 Å². The van der Waals surface area contributed by atoms with Gasteiger partial charge < -0.3 is 10.2 Å². The lowest BCUT2D eigenvalue weighted by Crippen LogP contribution is -2.39. The van der Waals surface area contributed by atoms with E-state index in [4.69, 9.17) is 11.6 Å². The fraction of sp³-hybridized carbons (Fsp3) is 0.625. The van der Waals surface area contributed by atoms with E-state index < -0.39 is 0 Å². The van der Waals surface area contributed by atoms with Gasteiger partial charge in [-0.3, -0.25) is 0 Å². The molecule has 0 aromatic heterocycles. The molecule has 2 nitrogen and oxygen atoms in total. The number of benzene rings is 1. The maximum Gasteiger partial charge on any atom is 0.0642 e. The van der Waals surface area contributed by atoms with Crippen LogP contribution in [-0.2, 0) is 6.54 Å². The average molecular weight is 281 g/mol. The van der Waals surface area contributed by atoms with Gasteiger partial charge in [-0.15, -0.1) is 0 Å². The van der Waals surface area contributed by atoms with E-state index in [2.05, 4.69) is 30.3 Å². The molecular weight excluding hydrogens is 256 g/mol. The van der Waals surface area contributed by atoms with E-state index >= 15 is 0 Å². The molecule has 2 rings (SSSR count). The van der Waals surface area contributed by atoms with Gasteiger partial charge in [-0.25, -0.2) is 0 Å². The summed E-state index contributed by atoms with van der Waals surface area (Å²) in [5.74, 6) is 0.748. The molecule has 1 aliphatic carbocycles. The van der Waals surface area contributed by atoms with Crippen LogP contribution in [0.1, 0.15) is 38.2 Å². The Morgan fingerprint density at radius 3 is 2.74 bits per heavy atom. The molecule has 1 saturated carbocycles. The van der Waals surface area contributed by atoms with Crippen molar-refractivity contribution >= 4 is 17.3 Å². The number of anilines is 1. The number of halogens is 1. The molecule has 2 atom stereocenters. The third-order valence-electron chi connectivity index (χ3n) is 4.35. The lowest BCUT2D eigenvalue weighted by molar-refractivity contribution is 0.321. The molecule has 2 unspecified atom stereocenters. The molecule has 19 heavy (non-hydrogen) atoms. The standard InChI is InChI=1S/C16H25ClN2/c1-12-7-4-5-10-15(12)19(3)16-13(11-18-2)8-6-9-14(16)17/h6,8-9,12,15,18H,4-5,7,10-11H2,1-3H3. The summed E-state index contributed by atoms with van der Waals surface area (Å²) in [6.45, 7) is 3.23. The molecule has 0 aliphatic heterocycles. The average Bonchev–Trinajstić information content (AvgIpc) is 2.39. The first-order valence-corrected chi connectivity index (χ1v) is 7.67. The SMILES string of the molecule is CNCc1cccc(Cl)c1N(C)C1CCCCC1C. The Labute approximate surface area is 122 Å². The Balaban J connectivity index is 2.28. The molecule has 0 spiro atoms. The van der Waals surface area contributed by atoms with E-state index in [1.807, 2.05) is 19.2 Å². The number of nitrogens with zero attached hydrogens (tertiary/aromatic N) is 1. The van der Waals surface area contributed by atoms with Crippen molar-refractivity contribution in [1.82, 2.24) is 5.32 Å². The summed E-state index contributed by atoms with van der Waals surface area (Å²) in [6, 6.07) is 6.82. The van der Waals surface area contributed by atoms with Crippen molar-refractivity contribution in [3.63, 3.8) is 0 Å². The first kappa shape index (κ1) is 14.7. The fourth-order valence-electron chi connectivity index (χ4n) is 3.33. The summed E-state index contributed by atoms with van der Waals surface area (Å²) < 4.78 is 0. The monoisotopic (exact) mass is 280 g/mol. The van der Waals surface area contributed by atoms with Gasteiger partial charge in [0.25, 0.3) is 0 Å². The fourth-order valence-corrected chi connectivity index (χ4v) is 3.65. The Morgan fingerprint density at radius 1 is 1.32 bits per heavy atom. The van der Waals surface area contributed by atoms with Crippen molar-refractivity contribution in [1.29, 1.82) is 0 Å². The summed E-state index contributed by atoms with van der Waals surface area (Å²) in [4.78, 5) is 2.42. The van der Waals surface area contributed by atoms with Crippen LogP contribution in [-0.4, -0.2) is 20.1 Å². The van der Waals surface area contributed by atoms with Crippen LogP contribution in [0.5, 0.6) is 0 Å². The second kappa shape index (κ2) is 6.62. The van der Waals surface area contributed by atoms with Gasteiger partial charge in [0, 0.05) is 19.6 Å². The molecule has 0 saturated heterocycles. The molecule has 0 bridgehead atoms. The maximum absolute atomic E-state index is 6.46. The smallest absolute Gasteiger partial charge is 0.0642 e. The summed E-state index contributed by atoms with van der Waals surface area (Å²) in [7, 11) is 4.18. The molecule has 0 amide bonds. The largest absolute Gasteiger partial charge is 0.370 e. The topological polar surface area (TPSA) is 15.3 Å². The van der Waals surface area contributed by atoms with Crippen molar-refractivity contribution in [3.8, 4) is 0 Å². The Kier molecular flexibility index (Phi) is 5.12. The maximum atomic E-state index is 6.46. The van der Waals surface area contributed by atoms with Crippen LogP contribution < -0.4 is 10.2 Å². The van der Waals surface area contributed by atoms with Crippen LogP contribution in [0.3, 0.4) is 0 Å². The van der Waals surface area contributed by atoms with Crippen LogP contribution in [0.2, 0.25) is 5.02 Å². The van der Waals surface area contributed by atoms with Crippen LogP contribution in [0.15, 0.2) is 18.2 Å². The number of nitrogens with one attached hydrogen (secondary N) is 1. The molecule has 0 heterocycles. The van der Waals surface area contributed by atoms with Crippen molar-refractivity contribution in [3.05, 3.63) is 28.8 Å². The van der Waals surface area contributed by atoms with E-state index in [9.17, 15) is 0 Å². The van der Waals surface area contributed by atoms with E-state index in [0.29, 0.717) is 6.04 Å². The molecule has 1 aromatic carbocycles. The van der Waals surface area contributed by atoms with Crippen molar-refractivity contribution in [2.24, 2.45) is 5.92 Å². The second-order valence-electron chi connectivity index (χ2n) is 5.72. The van der Waals surface area contributed by atoms with Gasteiger partial charge in [0.15, 0.2) is 0 Å². The first-order valence-electron chi connectivity index (χ1n) is 7.30. The quantitative estimate of drug-likeness (QED) is 0.894. The number of hydrogen-bond donors (Lipinski definition) is 1. The van der Waals surface area contributed by atoms with Gasteiger partial charge in [-0.1, -0.05) is 43.5 Å². The molecule has 106 valence electrons. The number of para-hydroxylation sites is 1. The highest BCUT2D eigenvalue weighted by atomic mass is 35.5. The minimum Gasteiger partial charge on any atom is -0.370 e. The van der Waals surface area contributed by atoms with Gasteiger partial charge >= 0.3 is 0 Å². The van der Waals surface area contributed by atoms with Crippen molar-refractivity contribution in [2.75, 3.05) is 19.0 Å². The Hall–Kier alpha value is -0.730. The highest BCUT2D eigenvalue weighted by molar-refractivity contribution is 6.33. The second-order valence-corrected chi connectivity index (χ2v) is 6.13. The summed E-state index contributed by atoms with van der Waals surface area (Å²) in [5.41, 5.74) is 2.49. The Morgan fingerprint density at radius 2 is 2.05 bits per heavy atom. The van der Waals surface area contributed by atoms with Crippen LogP contribution in [0.4, 0.5) is 5.69 Å². The Bertz CT molecular complexity index is 419. The van der Waals surface area contributed by atoms with Gasteiger partial charge in [-0.05, 0) is 37.4 Å². The highest BCUT2D eigenvalue weighted by Crippen LogP contribution is 2.36. The van der Waals surface area contributed by atoms with Gasteiger partial charge in [0.2, 0.25) is 0 Å². The van der Waals surface area contributed by atoms with Gasteiger partial charge in [0.05, 0.1) is 10.7 Å². The zero-order valence-electron chi connectivity index (χ0n) is 12.2. The van der Waals surface area contributed by atoms with Crippen LogP contribution in [0.25, 0.3) is 0 Å². The highest BCUT2D eigenvalue weighted by Gasteiger charge is 2.27. The van der Waals surface area contributed by atoms with E-state index in [1.54, 1.807) is 0 Å². The van der Waals surface area contributed by atoms with E-state index in [0.717, 1.165) is 17.5 Å². The number of rotatable bonds is 4. The zero-order valence-corrected chi connectivity index (χ0v) is 13.0. The van der Waals surface area contributed by atoms with Crippen LogP contribution in [0, 0.1) is 5.92 Å². The molecule has 1 aliphatic rings. The van der Waals surface area contributed by atoms with Gasteiger partial charge in [-0.2, -0.15) is 0 Å². The van der Waals surface area contributed by atoms with E-state index in [-0.39, 0.29) is 0 Å². The number of hydrogen-bond acceptors (Lipinski definition) is 2. The lowest BCUT2D eigenvalue weighted by Gasteiger charge is -2.39. The summed E-state index contributed by atoms with van der Waals surface area (Å²) in [5, 5.41) is 4.10. The van der Waals surface area contributed by atoms with Gasteiger partial charge in [0.1, 0.15) is 0 Å². The van der Waals surface area contributed by atoms with Crippen molar-refractivity contribution < 1.29 is 0 Å². The third kappa shape index (κ3) is 3.24. The summed E-state index contributed by atoms with van der Waals surface area (Å²) >= 11 is 6.46. The molecule has 1 aromatic rings. The molecule has 1 N–H and O–H groups in total. The molecule has 0 radical (unpaired) electrons. The lowest BCUT2D eigenvalue weighted by atomic mass is 9.84. The molecular formula is C16H25ClN2. The predicted molar refractivity (Wildman–Crippen MR) is 84.0 cm³/mol. The van der Waals surface area contributed by atoms with E-state index in [1.165, 1.54) is 36.9 Å².